The quantitative estimate of drug-likeness (QED) is 0.822. The predicted octanol–water partition coefficient (Wildman–Crippen LogP) is 0.944. The fourth-order valence-corrected chi connectivity index (χ4v) is 2.47. The molecule has 0 unspecified atom stereocenters. The molecule has 1 fully saturated rings. The summed E-state index contributed by atoms with van der Waals surface area (Å²) in [6.07, 6.45) is 4.12. The van der Waals surface area contributed by atoms with Crippen molar-refractivity contribution < 1.29 is 4.79 Å². The van der Waals surface area contributed by atoms with Gasteiger partial charge in [-0.1, -0.05) is 6.42 Å². The average molecular weight is 239 g/mol. The molecule has 0 aliphatic carbocycles. The van der Waals surface area contributed by atoms with Gasteiger partial charge in [-0.15, -0.1) is 11.3 Å². The molecule has 1 amide bonds. The van der Waals surface area contributed by atoms with Gasteiger partial charge in [-0.05, 0) is 19.4 Å². The lowest BCUT2D eigenvalue weighted by Gasteiger charge is -2.22. The van der Waals surface area contributed by atoms with Crippen LogP contribution in [0.4, 0.5) is 0 Å². The van der Waals surface area contributed by atoms with Crippen LogP contribution in [0.5, 0.6) is 0 Å². The topological polar surface area (TPSA) is 54.0 Å². The minimum Gasteiger partial charge on any atom is -0.354 e. The standard InChI is InChI=1S/C11H17N3OS/c15-11(10-3-1-2-5-12-10)13-6-4-9-7-16-8-14-9/h7-8,10,12H,1-6H2,(H,13,15)/t10-/m0/s1. The fraction of sp³-hybridized carbons (Fsp3) is 0.636. The second kappa shape index (κ2) is 5.96. The maximum absolute atomic E-state index is 11.7. The first kappa shape index (κ1) is 11.5. The van der Waals surface area contributed by atoms with Crippen molar-refractivity contribution in [1.82, 2.24) is 15.6 Å². The van der Waals surface area contributed by atoms with Crippen molar-refractivity contribution in [2.75, 3.05) is 13.1 Å². The summed E-state index contributed by atoms with van der Waals surface area (Å²) in [7, 11) is 0. The third-order valence-electron chi connectivity index (χ3n) is 2.79. The fourth-order valence-electron chi connectivity index (χ4n) is 1.87. The zero-order valence-electron chi connectivity index (χ0n) is 9.24. The third kappa shape index (κ3) is 3.28. The Morgan fingerprint density at radius 2 is 2.56 bits per heavy atom. The predicted molar refractivity (Wildman–Crippen MR) is 64.5 cm³/mol. The number of amides is 1. The maximum atomic E-state index is 11.7. The summed E-state index contributed by atoms with van der Waals surface area (Å²) in [5, 5.41) is 8.21. The van der Waals surface area contributed by atoms with E-state index >= 15 is 0 Å². The van der Waals surface area contributed by atoms with Gasteiger partial charge in [0.15, 0.2) is 0 Å². The molecule has 1 aromatic heterocycles. The number of hydrogen-bond acceptors (Lipinski definition) is 4. The van der Waals surface area contributed by atoms with Crippen molar-refractivity contribution >= 4 is 17.2 Å². The van der Waals surface area contributed by atoms with Crippen LogP contribution in [0.2, 0.25) is 0 Å². The Morgan fingerprint density at radius 1 is 1.62 bits per heavy atom. The lowest BCUT2D eigenvalue weighted by molar-refractivity contribution is -0.123. The molecule has 2 heterocycles. The lowest BCUT2D eigenvalue weighted by atomic mass is 10.0. The van der Waals surface area contributed by atoms with Gasteiger partial charge in [0.25, 0.3) is 0 Å². The van der Waals surface area contributed by atoms with Crippen LogP contribution < -0.4 is 10.6 Å². The highest BCUT2D eigenvalue weighted by Crippen LogP contribution is 2.06. The Morgan fingerprint density at radius 3 is 3.25 bits per heavy atom. The number of rotatable bonds is 4. The highest BCUT2D eigenvalue weighted by molar-refractivity contribution is 7.07. The highest BCUT2D eigenvalue weighted by Gasteiger charge is 2.19. The van der Waals surface area contributed by atoms with Crippen molar-refractivity contribution in [3.8, 4) is 0 Å². The summed E-state index contributed by atoms with van der Waals surface area (Å²) in [6, 6.07) is 0.0178. The van der Waals surface area contributed by atoms with Gasteiger partial charge in [0.1, 0.15) is 0 Å². The van der Waals surface area contributed by atoms with Crippen molar-refractivity contribution in [3.05, 3.63) is 16.6 Å². The molecule has 16 heavy (non-hydrogen) atoms. The monoisotopic (exact) mass is 239 g/mol. The molecule has 1 atom stereocenters. The van der Waals surface area contributed by atoms with Crippen LogP contribution in [0.3, 0.4) is 0 Å². The molecule has 88 valence electrons. The van der Waals surface area contributed by atoms with E-state index < -0.39 is 0 Å². The summed E-state index contributed by atoms with van der Waals surface area (Å²) in [6.45, 7) is 1.64. The van der Waals surface area contributed by atoms with Crippen LogP contribution in [0, 0.1) is 0 Å². The van der Waals surface area contributed by atoms with E-state index in [1.807, 2.05) is 10.9 Å². The molecule has 2 N–H and O–H groups in total. The summed E-state index contributed by atoms with van der Waals surface area (Å²) >= 11 is 1.59. The summed E-state index contributed by atoms with van der Waals surface area (Å²) < 4.78 is 0. The first-order chi connectivity index (χ1) is 7.86. The van der Waals surface area contributed by atoms with Gasteiger partial charge in [0.2, 0.25) is 5.91 Å². The largest absolute Gasteiger partial charge is 0.354 e. The molecular formula is C11H17N3OS. The van der Waals surface area contributed by atoms with E-state index in [1.165, 1.54) is 6.42 Å². The Balaban J connectivity index is 1.67. The first-order valence-electron chi connectivity index (χ1n) is 5.74. The normalized spacial score (nSPS) is 20.6. The van der Waals surface area contributed by atoms with E-state index in [1.54, 1.807) is 11.3 Å². The van der Waals surface area contributed by atoms with E-state index in [9.17, 15) is 4.79 Å². The van der Waals surface area contributed by atoms with Crippen LogP contribution in [0.15, 0.2) is 10.9 Å². The average Bonchev–Trinajstić information content (AvgIpc) is 2.83. The minimum absolute atomic E-state index is 0.0178. The van der Waals surface area contributed by atoms with E-state index in [4.69, 9.17) is 0 Å². The number of hydrogen-bond donors (Lipinski definition) is 2. The third-order valence-corrected chi connectivity index (χ3v) is 3.43. The van der Waals surface area contributed by atoms with Gasteiger partial charge in [-0.25, -0.2) is 4.98 Å². The number of carbonyl (C=O) groups excluding carboxylic acids is 1. The molecule has 0 aromatic carbocycles. The molecule has 1 aromatic rings. The highest BCUT2D eigenvalue weighted by atomic mass is 32.1. The van der Waals surface area contributed by atoms with Crippen molar-refractivity contribution in [2.24, 2.45) is 0 Å². The molecule has 0 spiro atoms. The SMILES string of the molecule is O=C(NCCc1cscn1)[C@@H]1CCCCN1. The van der Waals surface area contributed by atoms with Gasteiger partial charge in [0.05, 0.1) is 17.2 Å². The summed E-state index contributed by atoms with van der Waals surface area (Å²) in [5.74, 6) is 0.134. The zero-order chi connectivity index (χ0) is 11.2. The molecule has 2 rings (SSSR count). The molecule has 1 aliphatic rings. The Labute approximate surface area is 99.5 Å². The van der Waals surface area contributed by atoms with Crippen molar-refractivity contribution in [3.63, 3.8) is 0 Å². The second-order valence-electron chi connectivity index (χ2n) is 4.02. The smallest absolute Gasteiger partial charge is 0.237 e. The van der Waals surface area contributed by atoms with Crippen LogP contribution in [-0.4, -0.2) is 30.0 Å². The molecule has 5 heteroatoms. The molecule has 0 saturated carbocycles. The number of piperidine rings is 1. The number of nitrogens with one attached hydrogen (secondary N) is 2. The summed E-state index contributed by atoms with van der Waals surface area (Å²) in [4.78, 5) is 15.9. The van der Waals surface area contributed by atoms with Crippen LogP contribution in [-0.2, 0) is 11.2 Å². The number of carbonyl (C=O) groups is 1. The van der Waals surface area contributed by atoms with Gasteiger partial charge in [-0.2, -0.15) is 0 Å². The van der Waals surface area contributed by atoms with Gasteiger partial charge >= 0.3 is 0 Å². The van der Waals surface area contributed by atoms with E-state index in [0.717, 1.165) is 31.5 Å². The number of thiazole rings is 1. The Kier molecular flexibility index (Phi) is 4.30. The molecule has 4 nitrogen and oxygen atoms in total. The molecular weight excluding hydrogens is 222 g/mol. The maximum Gasteiger partial charge on any atom is 0.237 e. The van der Waals surface area contributed by atoms with Gasteiger partial charge in [0, 0.05) is 18.3 Å². The van der Waals surface area contributed by atoms with Crippen molar-refractivity contribution in [2.45, 2.75) is 31.7 Å². The van der Waals surface area contributed by atoms with Gasteiger partial charge < -0.3 is 10.6 Å². The van der Waals surface area contributed by atoms with E-state index in [0.29, 0.717) is 6.54 Å². The Hall–Kier alpha value is -0.940. The second-order valence-corrected chi connectivity index (χ2v) is 4.74. The molecule has 0 bridgehead atoms. The van der Waals surface area contributed by atoms with E-state index in [-0.39, 0.29) is 11.9 Å². The van der Waals surface area contributed by atoms with Crippen LogP contribution >= 0.6 is 11.3 Å². The molecule has 1 aliphatic heterocycles. The number of nitrogens with zero attached hydrogens (tertiary/aromatic N) is 1. The minimum atomic E-state index is 0.0178. The lowest BCUT2D eigenvalue weighted by Crippen LogP contribution is -2.47. The van der Waals surface area contributed by atoms with E-state index in [2.05, 4.69) is 15.6 Å². The van der Waals surface area contributed by atoms with Crippen LogP contribution in [0.1, 0.15) is 25.0 Å². The van der Waals surface area contributed by atoms with Crippen molar-refractivity contribution in [1.29, 1.82) is 0 Å². The number of aromatic nitrogens is 1. The van der Waals surface area contributed by atoms with Gasteiger partial charge in [-0.3, -0.25) is 4.79 Å². The zero-order valence-corrected chi connectivity index (χ0v) is 10.1. The molecule has 1 saturated heterocycles. The van der Waals surface area contributed by atoms with Crippen LogP contribution in [0.25, 0.3) is 0 Å². The molecule has 0 radical (unpaired) electrons. The Bertz CT molecular complexity index is 320. The summed E-state index contributed by atoms with van der Waals surface area (Å²) in [5.41, 5.74) is 2.88. The first-order valence-corrected chi connectivity index (χ1v) is 6.69.